The molecule has 0 fully saturated rings. The lowest BCUT2D eigenvalue weighted by molar-refractivity contribution is 0.0675. The van der Waals surface area contributed by atoms with Gasteiger partial charge in [-0.2, -0.15) is 5.10 Å². The monoisotopic (exact) mass is 284 g/mol. The Hall–Kier alpha value is -1.44. The van der Waals surface area contributed by atoms with Crippen LogP contribution in [-0.2, 0) is 16.0 Å². The van der Waals surface area contributed by atoms with Crippen LogP contribution in [0.3, 0.4) is 0 Å². The van der Waals surface area contributed by atoms with Crippen LogP contribution in [0.2, 0.25) is 0 Å². The summed E-state index contributed by atoms with van der Waals surface area (Å²) in [5.41, 5.74) is 0.647. The van der Waals surface area contributed by atoms with Gasteiger partial charge in [-0.05, 0) is 13.5 Å². The van der Waals surface area contributed by atoms with E-state index in [4.69, 9.17) is 9.47 Å². The van der Waals surface area contributed by atoms with Crippen molar-refractivity contribution in [3.63, 3.8) is 0 Å². The molecule has 1 heterocycles. The summed E-state index contributed by atoms with van der Waals surface area (Å²) in [6.07, 6.45) is 2.42. The molecule has 0 atom stereocenters. The normalized spacial score (nSPS) is 10.7. The van der Waals surface area contributed by atoms with Gasteiger partial charge in [0.05, 0.1) is 25.1 Å². The number of aromatic nitrogens is 2. The standard InChI is InChI=1S/C13H24N4O3/c1-14-4-5-15-12-10-13(18)17(16-11-12)6-3-7-20-9-8-19-2/h10-11,14-15H,3-9H2,1-2H3. The Bertz CT molecular complexity index is 422. The molecular weight excluding hydrogens is 260 g/mol. The molecule has 7 nitrogen and oxygen atoms in total. The topological polar surface area (TPSA) is 77.4 Å². The Balaban J connectivity index is 2.30. The number of aryl methyl sites for hydroxylation is 1. The van der Waals surface area contributed by atoms with Gasteiger partial charge in [0, 0.05) is 39.4 Å². The summed E-state index contributed by atoms with van der Waals surface area (Å²) in [5.74, 6) is 0. The van der Waals surface area contributed by atoms with E-state index in [1.165, 1.54) is 4.68 Å². The number of hydrogen-bond acceptors (Lipinski definition) is 6. The van der Waals surface area contributed by atoms with E-state index in [2.05, 4.69) is 15.7 Å². The van der Waals surface area contributed by atoms with E-state index >= 15 is 0 Å². The third-order valence-corrected chi connectivity index (χ3v) is 2.66. The molecule has 0 amide bonds. The van der Waals surface area contributed by atoms with Gasteiger partial charge in [0.1, 0.15) is 0 Å². The molecule has 1 aromatic heterocycles. The van der Waals surface area contributed by atoms with E-state index in [9.17, 15) is 4.79 Å². The summed E-state index contributed by atoms with van der Waals surface area (Å²) in [5, 5.41) is 10.3. The molecule has 0 spiro atoms. The van der Waals surface area contributed by atoms with E-state index < -0.39 is 0 Å². The van der Waals surface area contributed by atoms with Crippen LogP contribution in [0.4, 0.5) is 5.69 Å². The number of nitrogens with one attached hydrogen (secondary N) is 2. The van der Waals surface area contributed by atoms with Gasteiger partial charge in [-0.15, -0.1) is 0 Å². The van der Waals surface area contributed by atoms with Crippen LogP contribution in [0.25, 0.3) is 0 Å². The van der Waals surface area contributed by atoms with Gasteiger partial charge in [0.2, 0.25) is 0 Å². The molecule has 0 saturated carbocycles. The minimum Gasteiger partial charge on any atom is -0.382 e. The highest BCUT2D eigenvalue weighted by atomic mass is 16.5. The fourth-order valence-corrected chi connectivity index (χ4v) is 1.59. The quantitative estimate of drug-likeness (QED) is 0.554. The van der Waals surface area contributed by atoms with Crippen molar-refractivity contribution in [2.45, 2.75) is 13.0 Å². The first kappa shape index (κ1) is 16.6. The van der Waals surface area contributed by atoms with Crippen LogP contribution in [-0.4, -0.2) is 56.8 Å². The fourth-order valence-electron chi connectivity index (χ4n) is 1.59. The van der Waals surface area contributed by atoms with Crippen molar-refractivity contribution in [2.75, 3.05) is 52.4 Å². The van der Waals surface area contributed by atoms with E-state index in [1.54, 1.807) is 19.4 Å². The van der Waals surface area contributed by atoms with Crippen molar-refractivity contribution in [2.24, 2.45) is 0 Å². The largest absolute Gasteiger partial charge is 0.382 e. The number of methoxy groups -OCH3 is 1. The molecule has 1 aromatic rings. The van der Waals surface area contributed by atoms with Crippen LogP contribution in [0, 0.1) is 0 Å². The number of anilines is 1. The first-order valence-corrected chi connectivity index (χ1v) is 6.80. The number of ether oxygens (including phenoxy) is 2. The van der Waals surface area contributed by atoms with Gasteiger partial charge >= 0.3 is 0 Å². The van der Waals surface area contributed by atoms with Crippen molar-refractivity contribution in [1.82, 2.24) is 15.1 Å². The van der Waals surface area contributed by atoms with Crippen LogP contribution in [0.15, 0.2) is 17.1 Å². The number of likely N-dealkylation sites (N-methyl/N-ethyl adjacent to an activating group) is 1. The van der Waals surface area contributed by atoms with Crippen LogP contribution in [0.1, 0.15) is 6.42 Å². The maximum Gasteiger partial charge on any atom is 0.268 e. The lowest BCUT2D eigenvalue weighted by Crippen LogP contribution is -2.24. The van der Waals surface area contributed by atoms with E-state index in [0.717, 1.165) is 25.2 Å². The SMILES string of the molecule is CNCCNc1cnn(CCCOCCOC)c(=O)c1. The molecule has 0 aliphatic carbocycles. The lowest BCUT2D eigenvalue weighted by Gasteiger charge is -2.08. The smallest absolute Gasteiger partial charge is 0.268 e. The first-order chi connectivity index (χ1) is 9.77. The molecule has 0 radical (unpaired) electrons. The van der Waals surface area contributed by atoms with Crippen molar-refractivity contribution in [3.05, 3.63) is 22.6 Å². The molecule has 0 saturated heterocycles. The van der Waals surface area contributed by atoms with Gasteiger partial charge in [-0.25, -0.2) is 4.68 Å². The van der Waals surface area contributed by atoms with Gasteiger partial charge < -0.3 is 20.1 Å². The molecule has 0 aliphatic rings. The molecule has 0 aliphatic heterocycles. The molecule has 7 heteroatoms. The van der Waals surface area contributed by atoms with Crippen molar-refractivity contribution in [1.29, 1.82) is 0 Å². The zero-order valence-electron chi connectivity index (χ0n) is 12.2. The summed E-state index contributed by atoms with van der Waals surface area (Å²) in [6.45, 7) is 3.91. The molecule has 0 aromatic carbocycles. The summed E-state index contributed by atoms with van der Waals surface area (Å²) < 4.78 is 11.7. The molecule has 0 unspecified atom stereocenters. The van der Waals surface area contributed by atoms with Crippen LogP contribution in [0.5, 0.6) is 0 Å². The Labute approximate surface area is 119 Å². The minimum atomic E-state index is -0.101. The maximum atomic E-state index is 11.8. The summed E-state index contributed by atoms with van der Waals surface area (Å²) >= 11 is 0. The zero-order chi connectivity index (χ0) is 14.6. The highest BCUT2D eigenvalue weighted by molar-refractivity contribution is 5.38. The van der Waals surface area contributed by atoms with Crippen LogP contribution >= 0.6 is 0 Å². The Kier molecular flexibility index (Phi) is 8.61. The van der Waals surface area contributed by atoms with E-state index in [1.807, 2.05) is 7.05 Å². The number of nitrogens with zero attached hydrogens (tertiary/aromatic N) is 2. The third kappa shape index (κ3) is 6.65. The van der Waals surface area contributed by atoms with Gasteiger partial charge in [-0.3, -0.25) is 4.79 Å². The Morgan fingerprint density at radius 2 is 2.15 bits per heavy atom. The van der Waals surface area contributed by atoms with Crippen molar-refractivity contribution >= 4 is 5.69 Å². The predicted molar refractivity (Wildman–Crippen MR) is 78.2 cm³/mol. The number of rotatable bonds is 11. The molecule has 0 bridgehead atoms. The van der Waals surface area contributed by atoms with Crippen molar-refractivity contribution in [3.8, 4) is 0 Å². The third-order valence-electron chi connectivity index (χ3n) is 2.66. The zero-order valence-corrected chi connectivity index (χ0v) is 12.2. The van der Waals surface area contributed by atoms with E-state index in [-0.39, 0.29) is 5.56 Å². The molecule has 114 valence electrons. The average molecular weight is 284 g/mol. The lowest BCUT2D eigenvalue weighted by atomic mass is 10.4. The summed E-state index contributed by atoms with van der Waals surface area (Å²) in [7, 11) is 3.52. The fraction of sp³-hybridized carbons (Fsp3) is 0.692. The molecular formula is C13H24N4O3. The second-order valence-electron chi connectivity index (χ2n) is 4.29. The maximum absolute atomic E-state index is 11.8. The second kappa shape index (κ2) is 10.4. The van der Waals surface area contributed by atoms with Crippen LogP contribution < -0.4 is 16.2 Å². The molecule has 1 rings (SSSR count). The highest BCUT2D eigenvalue weighted by Gasteiger charge is 2.00. The van der Waals surface area contributed by atoms with Crippen molar-refractivity contribution < 1.29 is 9.47 Å². The highest BCUT2D eigenvalue weighted by Crippen LogP contribution is 1.98. The molecule has 20 heavy (non-hydrogen) atoms. The second-order valence-corrected chi connectivity index (χ2v) is 4.29. The number of hydrogen-bond donors (Lipinski definition) is 2. The van der Waals surface area contributed by atoms with Gasteiger partial charge in [0.25, 0.3) is 5.56 Å². The first-order valence-electron chi connectivity index (χ1n) is 6.80. The Morgan fingerprint density at radius 1 is 1.30 bits per heavy atom. The average Bonchev–Trinajstić information content (AvgIpc) is 2.45. The van der Waals surface area contributed by atoms with Gasteiger partial charge in [-0.1, -0.05) is 0 Å². The van der Waals surface area contributed by atoms with Gasteiger partial charge in [0.15, 0.2) is 0 Å². The summed E-state index contributed by atoms with van der Waals surface area (Å²) in [4.78, 5) is 11.8. The summed E-state index contributed by atoms with van der Waals surface area (Å²) in [6, 6.07) is 1.56. The Morgan fingerprint density at radius 3 is 2.85 bits per heavy atom. The predicted octanol–water partition coefficient (Wildman–Crippen LogP) is -0.0723. The molecule has 2 N–H and O–H groups in total. The minimum absolute atomic E-state index is 0.101. The van der Waals surface area contributed by atoms with E-state index in [0.29, 0.717) is 26.4 Å².